The largest absolute Gasteiger partial charge is 0.326 e. The van der Waals surface area contributed by atoms with E-state index in [4.69, 9.17) is 0 Å². The fourth-order valence-electron chi connectivity index (χ4n) is 1.92. The van der Waals surface area contributed by atoms with Crippen LogP contribution in [0.15, 0.2) is 42.5 Å². The summed E-state index contributed by atoms with van der Waals surface area (Å²) in [6.45, 7) is 3.16. The molecule has 0 spiro atoms. The summed E-state index contributed by atoms with van der Waals surface area (Å²) in [4.78, 5) is 23.2. The van der Waals surface area contributed by atoms with Gasteiger partial charge in [-0.2, -0.15) is 0 Å². The van der Waals surface area contributed by atoms with Gasteiger partial charge in [-0.25, -0.2) is 4.39 Å². The van der Waals surface area contributed by atoms with Crippen molar-refractivity contribution in [3.8, 4) is 0 Å². The van der Waals surface area contributed by atoms with Gasteiger partial charge in [-0.1, -0.05) is 18.2 Å². The van der Waals surface area contributed by atoms with Crippen LogP contribution in [0.1, 0.15) is 22.8 Å². The van der Waals surface area contributed by atoms with Crippen molar-refractivity contribution in [3.63, 3.8) is 0 Å². The Bertz CT molecular complexity index is 698. The van der Waals surface area contributed by atoms with Crippen LogP contribution >= 0.6 is 0 Å². The maximum absolute atomic E-state index is 13.8. The van der Waals surface area contributed by atoms with Gasteiger partial charge >= 0.3 is 0 Å². The molecule has 5 heteroatoms. The van der Waals surface area contributed by atoms with E-state index >= 15 is 0 Å². The van der Waals surface area contributed by atoms with E-state index < -0.39 is 11.7 Å². The summed E-state index contributed by atoms with van der Waals surface area (Å²) in [7, 11) is 0. The Morgan fingerprint density at radius 2 is 1.76 bits per heavy atom. The van der Waals surface area contributed by atoms with Crippen LogP contribution in [0.3, 0.4) is 0 Å². The van der Waals surface area contributed by atoms with E-state index in [0.29, 0.717) is 11.3 Å². The molecule has 0 aromatic heterocycles. The Balaban J connectivity index is 2.24. The van der Waals surface area contributed by atoms with Gasteiger partial charge in [0.1, 0.15) is 5.82 Å². The molecule has 2 aromatic rings. The summed E-state index contributed by atoms with van der Waals surface area (Å²) in [5, 5.41) is 5.06. The minimum atomic E-state index is -0.564. The zero-order valence-corrected chi connectivity index (χ0v) is 11.7. The number of halogens is 1. The van der Waals surface area contributed by atoms with Gasteiger partial charge in [0, 0.05) is 18.2 Å². The summed E-state index contributed by atoms with van der Waals surface area (Å²) in [6.07, 6.45) is 0. The number of nitrogens with one attached hydrogen (secondary N) is 2. The number of carbonyl (C=O) groups excluding carboxylic acids is 2. The van der Waals surface area contributed by atoms with Crippen LogP contribution < -0.4 is 10.6 Å². The van der Waals surface area contributed by atoms with Gasteiger partial charge in [-0.3, -0.25) is 9.59 Å². The Hall–Kier alpha value is -2.69. The average Bonchev–Trinajstić information content (AvgIpc) is 2.42. The number of anilines is 2. The number of amides is 2. The molecular weight excluding hydrogens is 271 g/mol. The molecule has 0 radical (unpaired) electrons. The lowest BCUT2D eigenvalue weighted by atomic mass is 10.1. The highest BCUT2D eigenvalue weighted by atomic mass is 19.1. The second-order valence-electron chi connectivity index (χ2n) is 4.64. The zero-order valence-electron chi connectivity index (χ0n) is 11.7. The van der Waals surface area contributed by atoms with Gasteiger partial charge in [0.25, 0.3) is 5.91 Å². The molecule has 2 aromatic carbocycles. The van der Waals surface area contributed by atoms with E-state index in [9.17, 15) is 14.0 Å². The molecule has 0 bridgehead atoms. The minimum absolute atomic E-state index is 0.0227. The third kappa shape index (κ3) is 3.66. The highest BCUT2D eigenvalue weighted by Gasteiger charge is 2.12. The molecule has 21 heavy (non-hydrogen) atoms. The lowest BCUT2D eigenvalue weighted by molar-refractivity contribution is -0.114. The van der Waals surface area contributed by atoms with Crippen molar-refractivity contribution < 1.29 is 14.0 Å². The van der Waals surface area contributed by atoms with Crippen molar-refractivity contribution in [1.82, 2.24) is 0 Å². The monoisotopic (exact) mass is 286 g/mol. The molecule has 108 valence electrons. The van der Waals surface area contributed by atoms with Crippen LogP contribution in [0.4, 0.5) is 15.8 Å². The Kier molecular flexibility index (Phi) is 4.33. The fourth-order valence-corrected chi connectivity index (χ4v) is 1.92. The van der Waals surface area contributed by atoms with Crippen molar-refractivity contribution >= 4 is 23.2 Å². The maximum atomic E-state index is 13.8. The molecule has 0 saturated heterocycles. The van der Waals surface area contributed by atoms with E-state index in [1.54, 1.807) is 25.1 Å². The number of rotatable bonds is 3. The first-order valence-corrected chi connectivity index (χ1v) is 6.41. The Morgan fingerprint density at radius 1 is 1.05 bits per heavy atom. The Morgan fingerprint density at radius 3 is 2.43 bits per heavy atom. The molecular formula is C16H15FN2O2. The summed E-state index contributed by atoms with van der Waals surface area (Å²) < 4.78 is 13.8. The molecule has 4 nitrogen and oxygen atoms in total. The lowest BCUT2D eigenvalue weighted by Gasteiger charge is -2.10. The van der Waals surface area contributed by atoms with Gasteiger partial charge in [0.2, 0.25) is 5.91 Å². The number of benzene rings is 2. The molecule has 2 N–H and O–H groups in total. The van der Waals surface area contributed by atoms with Crippen LogP contribution in [0.2, 0.25) is 0 Å². The molecule has 2 amide bonds. The van der Waals surface area contributed by atoms with Crippen LogP contribution in [0, 0.1) is 12.7 Å². The van der Waals surface area contributed by atoms with Gasteiger partial charge in [-0.05, 0) is 36.8 Å². The minimum Gasteiger partial charge on any atom is -0.326 e. The second-order valence-corrected chi connectivity index (χ2v) is 4.64. The second kappa shape index (κ2) is 6.17. The van der Waals surface area contributed by atoms with Crippen LogP contribution in [0.5, 0.6) is 0 Å². The summed E-state index contributed by atoms with van der Waals surface area (Å²) in [6, 6.07) is 11.0. The van der Waals surface area contributed by atoms with Crippen LogP contribution in [-0.2, 0) is 4.79 Å². The first-order chi connectivity index (χ1) is 9.97. The van der Waals surface area contributed by atoms with Crippen molar-refractivity contribution in [2.45, 2.75) is 13.8 Å². The Labute approximate surface area is 122 Å². The predicted octanol–water partition coefficient (Wildman–Crippen LogP) is 3.34. The van der Waals surface area contributed by atoms with Crippen molar-refractivity contribution in [2.75, 3.05) is 10.6 Å². The van der Waals surface area contributed by atoms with E-state index in [-0.39, 0.29) is 11.6 Å². The SMILES string of the molecule is CC(=O)Nc1ccc(F)c(NC(=O)c2ccccc2C)c1. The van der Waals surface area contributed by atoms with Crippen molar-refractivity contribution in [2.24, 2.45) is 0 Å². The first-order valence-electron chi connectivity index (χ1n) is 6.41. The quantitative estimate of drug-likeness (QED) is 0.909. The predicted molar refractivity (Wildman–Crippen MR) is 79.8 cm³/mol. The van der Waals surface area contributed by atoms with Crippen molar-refractivity contribution in [1.29, 1.82) is 0 Å². The van der Waals surface area contributed by atoms with Crippen LogP contribution in [-0.4, -0.2) is 11.8 Å². The highest BCUT2D eigenvalue weighted by Crippen LogP contribution is 2.21. The van der Waals surface area contributed by atoms with Gasteiger partial charge in [0.15, 0.2) is 0 Å². The summed E-state index contributed by atoms with van der Waals surface area (Å²) in [5.41, 5.74) is 1.72. The number of hydrogen-bond acceptors (Lipinski definition) is 2. The molecule has 0 aliphatic carbocycles. The smallest absolute Gasteiger partial charge is 0.256 e. The maximum Gasteiger partial charge on any atom is 0.256 e. The molecule has 0 aliphatic rings. The summed E-state index contributed by atoms with van der Waals surface area (Å²) >= 11 is 0. The molecule has 0 heterocycles. The standard InChI is InChI=1S/C16H15FN2O2/c1-10-5-3-4-6-13(10)16(21)19-15-9-12(18-11(2)20)7-8-14(15)17/h3-9H,1-2H3,(H,18,20)(H,19,21). The molecule has 0 saturated carbocycles. The number of carbonyl (C=O) groups is 2. The average molecular weight is 286 g/mol. The van der Waals surface area contributed by atoms with Gasteiger partial charge < -0.3 is 10.6 Å². The van der Waals surface area contributed by atoms with E-state index in [0.717, 1.165) is 5.56 Å². The number of aryl methyl sites for hydroxylation is 1. The highest BCUT2D eigenvalue weighted by molar-refractivity contribution is 6.05. The molecule has 0 unspecified atom stereocenters. The third-order valence-electron chi connectivity index (χ3n) is 2.92. The van der Waals surface area contributed by atoms with Gasteiger partial charge in [0.05, 0.1) is 5.69 Å². The summed E-state index contributed by atoms with van der Waals surface area (Å²) in [5.74, 6) is -1.23. The van der Waals surface area contributed by atoms with Gasteiger partial charge in [-0.15, -0.1) is 0 Å². The van der Waals surface area contributed by atoms with Crippen LogP contribution in [0.25, 0.3) is 0 Å². The molecule has 2 rings (SSSR count). The third-order valence-corrected chi connectivity index (χ3v) is 2.92. The molecule has 0 fully saturated rings. The number of hydrogen-bond donors (Lipinski definition) is 2. The van der Waals surface area contributed by atoms with E-state index in [2.05, 4.69) is 10.6 Å². The fraction of sp³-hybridized carbons (Fsp3) is 0.125. The van der Waals surface area contributed by atoms with E-state index in [1.165, 1.54) is 25.1 Å². The lowest BCUT2D eigenvalue weighted by Crippen LogP contribution is -2.15. The van der Waals surface area contributed by atoms with Crippen molar-refractivity contribution in [3.05, 3.63) is 59.4 Å². The first kappa shape index (κ1) is 14.7. The topological polar surface area (TPSA) is 58.2 Å². The zero-order chi connectivity index (χ0) is 15.4. The molecule has 0 atom stereocenters. The molecule has 0 aliphatic heterocycles. The van der Waals surface area contributed by atoms with E-state index in [1.807, 2.05) is 6.07 Å². The normalized spacial score (nSPS) is 10.0.